The molecular formula is C13H24BrN3O. The highest BCUT2D eigenvalue weighted by Gasteiger charge is 2.28. The highest BCUT2D eigenvalue weighted by molar-refractivity contribution is 9.10. The standard InChI is InChI=1S/C13H24BrN3O/c1-6-9-12(14)10(17(7-2)16-9)8-11(15)13(3,4)18-5/h11H,6-8,15H2,1-5H3. The Kier molecular flexibility index (Phi) is 5.37. The summed E-state index contributed by atoms with van der Waals surface area (Å²) in [6.45, 7) is 9.08. The molecular weight excluding hydrogens is 294 g/mol. The van der Waals surface area contributed by atoms with Gasteiger partial charge in [0.05, 0.1) is 21.5 Å². The first-order valence-electron chi connectivity index (χ1n) is 6.42. The minimum atomic E-state index is -0.339. The number of hydrogen-bond acceptors (Lipinski definition) is 3. The van der Waals surface area contributed by atoms with Crippen molar-refractivity contribution in [3.63, 3.8) is 0 Å². The molecule has 1 rings (SSSR count). The maximum Gasteiger partial charge on any atom is 0.0776 e. The van der Waals surface area contributed by atoms with Gasteiger partial charge in [-0.2, -0.15) is 5.10 Å². The molecule has 0 aliphatic carbocycles. The van der Waals surface area contributed by atoms with Crippen LogP contribution in [0.15, 0.2) is 4.47 Å². The largest absolute Gasteiger partial charge is 0.377 e. The zero-order valence-electron chi connectivity index (χ0n) is 12.0. The molecule has 0 saturated heterocycles. The van der Waals surface area contributed by atoms with E-state index in [1.807, 2.05) is 18.5 Å². The molecule has 0 aliphatic heterocycles. The average molecular weight is 318 g/mol. The van der Waals surface area contributed by atoms with Crippen molar-refractivity contribution >= 4 is 15.9 Å². The summed E-state index contributed by atoms with van der Waals surface area (Å²) in [7, 11) is 1.70. The van der Waals surface area contributed by atoms with Crippen LogP contribution in [0, 0.1) is 0 Å². The highest BCUT2D eigenvalue weighted by Crippen LogP contribution is 2.25. The second-order valence-corrected chi connectivity index (χ2v) is 5.79. The van der Waals surface area contributed by atoms with Crippen LogP contribution in [0.4, 0.5) is 0 Å². The molecule has 0 spiro atoms. The van der Waals surface area contributed by atoms with Gasteiger partial charge in [0.25, 0.3) is 0 Å². The quantitative estimate of drug-likeness (QED) is 0.877. The van der Waals surface area contributed by atoms with Crippen LogP contribution >= 0.6 is 15.9 Å². The van der Waals surface area contributed by atoms with Crippen molar-refractivity contribution in [2.45, 2.75) is 58.7 Å². The molecule has 1 heterocycles. The number of ether oxygens (including phenoxy) is 1. The Hall–Kier alpha value is -0.390. The Balaban J connectivity index is 3.00. The summed E-state index contributed by atoms with van der Waals surface area (Å²) in [5.41, 5.74) is 8.16. The third-order valence-electron chi connectivity index (χ3n) is 3.53. The molecule has 0 radical (unpaired) electrons. The summed E-state index contributed by atoms with van der Waals surface area (Å²) in [6, 6.07) is -0.0643. The summed E-state index contributed by atoms with van der Waals surface area (Å²) in [5.74, 6) is 0. The summed E-state index contributed by atoms with van der Waals surface area (Å²) in [5, 5.41) is 4.58. The number of rotatable bonds is 6. The molecule has 1 unspecified atom stereocenters. The molecule has 0 amide bonds. The average Bonchev–Trinajstić information content (AvgIpc) is 2.66. The van der Waals surface area contributed by atoms with Crippen LogP contribution in [0.25, 0.3) is 0 Å². The lowest BCUT2D eigenvalue weighted by Gasteiger charge is -2.30. The molecule has 0 aromatic carbocycles. The van der Waals surface area contributed by atoms with Crippen LogP contribution in [0.2, 0.25) is 0 Å². The second kappa shape index (κ2) is 6.17. The second-order valence-electron chi connectivity index (χ2n) is 4.99. The van der Waals surface area contributed by atoms with Gasteiger partial charge in [0.2, 0.25) is 0 Å². The predicted octanol–water partition coefficient (Wildman–Crippen LogP) is 2.52. The van der Waals surface area contributed by atoms with Gasteiger partial charge in [0.1, 0.15) is 0 Å². The topological polar surface area (TPSA) is 53.1 Å². The van der Waals surface area contributed by atoms with Crippen molar-refractivity contribution in [3.05, 3.63) is 15.9 Å². The van der Waals surface area contributed by atoms with E-state index in [2.05, 4.69) is 34.9 Å². The summed E-state index contributed by atoms with van der Waals surface area (Å²) < 4.78 is 8.56. The van der Waals surface area contributed by atoms with Crippen molar-refractivity contribution in [2.24, 2.45) is 5.73 Å². The number of aryl methyl sites for hydroxylation is 2. The highest BCUT2D eigenvalue weighted by atomic mass is 79.9. The van der Waals surface area contributed by atoms with Crippen molar-refractivity contribution in [3.8, 4) is 0 Å². The maximum absolute atomic E-state index is 6.25. The first kappa shape index (κ1) is 15.7. The Morgan fingerprint density at radius 1 is 1.44 bits per heavy atom. The monoisotopic (exact) mass is 317 g/mol. The van der Waals surface area contributed by atoms with Gasteiger partial charge in [0, 0.05) is 26.1 Å². The van der Waals surface area contributed by atoms with E-state index in [0.29, 0.717) is 0 Å². The first-order chi connectivity index (χ1) is 8.37. The van der Waals surface area contributed by atoms with E-state index < -0.39 is 0 Å². The number of nitrogens with two attached hydrogens (primary N) is 1. The minimum absolute atomic E-state index is 0.0643. The third kappa shape index (κ3) is 3.13. The fourth-order valence-corrected chi connectivity index (χ4v) is 2.54. The smallest absolute Gasteiger partial charge is 0.0776 e. The van der Waals surface area contributed by atoms with Crippen LogP contribution in [0.3, 0.4) is 0 Å². The molecule has 0 fully saturated rings. The number of aromatic nitrogens is 2. The van der Waals surface area contributed by atoms with E-state index in [9.17, 15) is 0 Å². The van der Waals surface area contributed by atoms with Crippen LogP contribution in [-0.4, -0.2) is 28.5 Å². The maximum atomic E-state index is 6.25. The SMILES string of the molecule is CCc1nn(CC)c(CC(N)C(C)(C)OC)c1Br. The van der Waals surface area contributed by atoms with Gasteiger partial charge in [-0.15, -0.1) is 0 Å². The van der Waals surface area contributed by atoms with Gasteiger partial charge in [0.15, 0.2) is 0 Å². The van der Waals surface area contributed by atoms with E-state index in [1.165, 1.54) is 0 Å². The number of nitrogens with zero attached hydrogens (tertiary/aromatic N) is 2. The number of hydrogen-bond donors (Lipinski definition) is 1. The van der Waals surface area contributed by atoms with Crippen LogP contribution in [0.1, 0.15) is 39.1 Å². The van der Waals surface area contributed by atoms with Gasteiger partial charge in [-0.3, -0.25) is 4.68 Å². The van der Waals surface area contributed by atoms with Crippen molar-refractivity contribution in [2.75, 3.05) is 7.11 Å². The lowest BCUT2D eigenvalue weighted by molar-refractivity contribution is 0.000312. The van der Waals surface area contributed by atoms with E-state index in [-0.39, 0.29) is 11.6 Å². The molecule has 4 nitrogen and oxygen atoms in total. The minimum Gasteiger partial charge on any atom is -0.377 e. The van der Waals surface area contributed by atoms with E-state index >= 15 is 0 Å². The first-order valence-corrected chi connectivity index (χ1v) is 7.21. The molecule has 18 heavy (non-hydrogen) atoms. The van der Waals surface area contributed by atoms with E-state index in [0.717, 1.165) is 35.2 Å². The van der Waals surface area contributed by atoms with Crippen LogP contribution in [-0.2, 0) is 24.1 Å². The van der Waals surface area contributed by atoms with Gasteiger partial charge in [-0.1, -0.05) is 6.92 Å². The molecule has 0 aliphatic rings. The molecule has 0 saturated carbocycles. The predicted molar refractivity (Wildman–Crippen MR) is 77.7 cm³/mol. The molecule has 1 atom stereocenters. The molecule has 1 aromatic heterocycles. The van der Waals surface area contributed by atoms with E-state index in [1.54, 1.807) is 7.11 Å². The van der Waals surface area contributed by atoms with Crippen molar-refractivity contribution < 1.29 is 4.74 Å². The lowest BCUT2D eigenvalue weighted by atomic mass is 9.95. The third-order valence-corrected chi connectivity index (χ3v) is 4.44. The van der Waals surface area contributed by atoms with Crippen LogP contribution in [0.5, 0.6) is 0 Å². The summed E-state index contributed by atoms with van der Waals surface area (Å²) >= 11 is 3.64. The molecule has 104 valence electrons. The fraction of sp³-hybridized carbons (Fsp3) is 0.769. The van der Waals surface area contributed by atoms with Gasteiger partial charge < -0.3 is 10.5 Å². The van der Waals surface area contributed by atoms with Crippen molar-refractivity contribution in [1.82, 2.24) is 9.78 Å². The molecule has 5 heteroatoms. The lowest BCUT2D eigenvalue weighted by Crippen LogP contribution is -2.46. The van der Waals surface area contributed by atoms with Crippen LogP contribution < -0.4 is 5.73 Å². The Labute approximate surface area is 118 Å². The Morgan fingerprint density at radius 3 is 2.50 bits per heavy atom. The molecule has 2 N–H and O–H groups in total. The van der Waals surface area contributed by atoms with Gasteiger partial charge in [-0.05, 0) is 43.1 Å². The Morgan fingerprint density at radius 2 is 2.06 bits per heavy atom. The van der Waals surface area contributed by atoms with Gasteiger partial charge >= 0.3 is 0 Å². The van der Waals surface area contributed by atoms with Crippen molar-refractivity contribution in [1.29, 1.82) is 0 Å². The molecule has 0 bridgehead atoms. The number of methoxy groups -OCH3 is 1. The summed E-state index contributed by atoms with van der Waals surface area (Å²) in [6.07, 6.45) is 1.67. The zero-order valence-corrected chi connectivity index (χ0v) is 13.5. The Bertz CT molecular complexity index is 401. The fourth-order valence-electron chi connectivity index (χ4n) is 1.82. The number of halogens is 1. The summed E-state index contributed by atoms with van der Waals surface area (Å²) in [4.78, 5) is 0. The molecule has 1 aromatic rings. The zero-order chi connectivity index (χ0) is 13.9. The van der Waals surface area contributed by atoms with E-state index in [4.69, 9.17) is 10.5 Å². The van der Waals surface area contributed by atoms with Gasteiger partial charge in [-0.25, -0.2) is 0 Å². The normalized spacial score (nSPS) is 13.9.